The van der Waals surface area contributed by atoms with Gasteiger partial charge in [-0.3, -0.25) is 14.6 Å². The fraction of sp³-hybridized carbons (Fsp3) is 0.357. The second kappa shape index (κ2) is 10.8. The fourth-order valence-corrected chi connectivity index (χ4v) is 4.69. The van der Waals surface area contributed by atoms with Crippen LogP contribution in [0.3, 0.4) is 0 Å². The average molecular weight is 488 g/mol. The highest BCUT2D eigenvalue weighted by Crippen LogP contribution is 2.35. The van der Waals surface area contributed by atoms with Crippen molar-refractivity contribution in [3.63, 3.8) is 0 Å². The van der Waals surface area contributed by atoms with Crippen LogP contribution >= 0.6 is 0 Å². The number of nitrogens with two attached hydrogens (primary N) is 1. The summed E-state index contributed by atoms with van der Waals surface area (Å²) in [6, 6.07) is 13.0. The van der Waals surface area contributed by atoms with Crippen molar-refractivity contribution in [1.82, 2.24) is 14.9 Å². The van der Waals surface area contributed by atoms with Crippen LogP contribution in [0.4, 0.5) is 11.5 Å². The number of aromatic nitrogens is 2. The number of piperidine rings is 1. The largest absolute Gasteiger partial charge is 0.457 e. The van der Waals surface area contributed by atoms with Crippen LogP contribution in [0.5, 0.6) is 11.5 Å². The minimum absolute atomic E-state index is 0.223. The van der Waals surface area contributed by atoms with Crippen molar-refractivity contribution < 1.29 is 14.3 Å². The predicted octanol–water partition coefficient (Wildman–Crippen LogP) is 4.97. The van der Waals surface area contributed by atoms with Crippen molar-refractivity contribution in [2.45, 2.75) is 53.0 Å². The minimum Gasteiger partial charge on any atom is -0.457 e. The summed E-state index contributed by atoms with van der Waals surface area (Å²) in [6.45, 7) is 8.41. The standard InChI is InChI=1S/C28H33N5O3/c1-5-20-13-22(15-30-26(20)29)32-27(34)28(35)33-16-17(2)9-10-25(33)21-7-6-8-23(14-21)36-24-11-18(3)31-19(4)12-24/h6-8,11-15,17,25H,5,9-10,16H2,1-4H3,(H2,29,30)(H,32,34)/t17-,25+/m0/s1. The number of pyridine rings is 2. The number of nitrogen functional groups attached to an aromatic ring is 1. The van der Waals surface area contributed by atoms with Crippen molar-refractivity contribution in [3.05, 3.63) is 71.2 Å². The van der Waals surface area contributed by atoms with Crippen LogP contribution in [0.25, 0.3) is 0 Å². The van der Waals surface area contributed by atoms with E-state index in [-0.39, 0.29) is 6.04 Å². The first-order chi connectivity index (χ1) is 17.2. The first kappa shape index (κ1) is 25.2. The topological polar surface area (TPSA) is 110 Å². The Morgan fingerprint density at radius 2 is 1.86 bits per heavy atom. The average Bonchev–Trinajstić information content (AvgIpc) is 2.84. The van der Waals surface area contributed by atoms with Gasteiger partial charge in [0.1, 0.15) is 17.3 Å². The zero-order chi connectivity index (χ0) is 25.8. The zero-order valence-electron chi connectivity index (χ0n) is 21.2. The second-order valence-corrected chi connectivity index (χ2v) is 9.49. The monoisotopic (exact) mass is 487 g/mol. The smallest absolute Gasteiger partial charge is 0.313 e. The number of carbonyl (C=O) groups excluding carboxylic acids is 2. The van der Waals surface area contributed by atoms with E-state index in [9.17, 15) is 9.59 Å². The third kappa shape index (κ3) is 5.82. The second-order valence-electron chi connectivity index (χ2n) is 9.49. The van der Waals surface area contributed by atoms with Crippen LogP contribution in [0.2, 0.25) is 0 Å². The Morgan fingerprint density at radius 1 is 1.11 bits per heavy atom. The lowest BCUT2D eigenvalue weighted by Crippen LogP contribution is -2.46. The molecular formula is C28H33N5O3. The van der Waals surface area contributed by atoms with Crippen LogP contribution in [-0.4, -0.2) is 33.2 Å². The lowest BCUT2D eigenvalue weighted by atomic mass is 9.89. The Kier molecular flexibility index (Phi) is 7.52. The maximum absolute atomic E-state index is 13.3. The van der Waals surface area contributed by atoms with Gasteiger partial charge in [-0.05, 0) is 68.4 Å². The highest BCUT2D eigenvalue weighted by Gasteiger charge is 2.34. The Labute approximate surface area is 211 Å². The number of benzene rings is 1. The molecule has 1 aliphatic heterocycles. The number of aryl methyl sites for hydroxylation is 3. The third-order valence-electron chi connectivity index (χ3n) is 6.45. The highest BCUT2D eigenvalue weighted by molar-refractivity contribution is 6.39. The molecule has 0 radical (unpaired) electrons. The molecule has 1 aromatic carbocycles. The molecule has 8 nitrogen and oxygen atoms in total. The quantitative estimate of drug-likeness (QED) is 0.492. The summed E-state index contributed by atoms with van der Waals surface area (Å²) in [7, 11) is 0. The molecule has 36 heavy (non-hydrogen) atoms. The van der Waals surface area contributed by atoms with Crippen molar-refractivity contribution >= 4 is 23.3 Å². The summed E-state index contributed by atoms with van der Waals surface area (Å²) < 4.78 is 6.11. The van der Waals surface area contributed by atoms with Gasteiger partial charge >= 0.3 is 11.8 Å². The number of anilines is 2. The van der Waals surface area contributed by atoms with E-state index in [1.54, 1.807) is 11.0 Å². The van der Waals surface area contributed by atoms with Gasteiger partial charge in [0.2, 0.25) is 0 Å². The summed E-state index contributed by atoms with van der Waals surface area (Å²) in [6.07, 6.45) is 3.88. The molecule has 4 rings (SSSR count). The number of rotatable bonds is 5. The Morgan fingerprint density at radius 3 is 2.58 bits per heavy atom. The number of nitrogens with one attached hydrogen (secondary N) is 1. The van der Waals surface area contributed by atoms with Crippen LogP contribution in [0, 0.1) is 19.8 Å². The highest BCUT2D eigenvalue weighted by atomic mass is 16.5. The molecular weight excluding hydrogens is 454 g/mol. The van der Waals surface area contributed by atoms with Crippen LogP contribution < -0.4 is 15.8 Å². The number of hydrogen-bond donors (Lipinski definition) is 2. The first-order valence-corrected chi connectivity index (χ1v) is 12.3. The van der Waals surface area contributed by atoms with Crippen LogP contribution in [0.1, 0.15) is 55.2 Å². The van der Waals surface area contributed by atoms with Crippen molar-refractivity contribution in [3.8, 4) is 11.5 Å². The first-order valence-electron chi connectivity index (χ1n) is 12.3. The van der Waals surface area contributed by atoms with E-state index in [1.807, 2.05) is 57.2 Å². The van der Waals surface area contributed by atoms with E-state index in [2.05, 4.69) is 22.2 Å². The lowest BCUT2D eigenvalue weighted by Gasteiger charge is -2.38. The number of carbonyl (C=O) groups is 2. The maximum atomic E-state index is 13.3. The van der Waals surface area contributed by atoms with Crippen LogP contribution in [-0.2, 0) is 16.0 Å². The van der Waals surface area contributed by atoms with Crippen molar-refractivity contribution in [2.75, 3.05) is 17.6 Å². The Hall–Kier alpha value is -3.94. The molecule has 1 saturated heterocycles. The van der Waals surface area contributed by atoms with E-state index in [1.165, 1.54) is 6.20 Å². The summed E-state index contributed by atoms with van der Waals surface area (Å²) >= 11 is 0. The summed E-state index contributed by atoms with van der Waals surface area (Å²) in [5.41, 5.74) is 9.85. The number of amides is 2. The van der Waals surface area contributed by atoms with Crippen molar-refractivity contribution in [1.29, 1.82) is 0 Å². The van der Waals surface area contributed by atoms with Gasteiger partial charge in [0, 0.05) is 30.1 Å². The molecule has 3 heterocycles. The SMILES string of the molecule is CCc1cc(NC(=O)C(=O)N2C[C@@H](C)CC[C@@H]2c2cccc(Oc3cc(C)nc(C)c3)c2)cnc1N. The number of ether oxygens (including phenoxy) is 1. The molecule has 3 aromatic rings. The van der Waals surface area contributed by atoms with E-state index in [0.717, 1.165) is 35.4 Å². The van der Waals surface area contributed by atoms with Crippen LogP contribution in [0.15, 0.2) is 48.7 Å². The summed E-state index contributed by atoms with van der Waals surface area (Å²) in [4.78, 5) is 36.5. The van der Waals surface area contributed by atoms with Gasteiger partial charge in [-0.2, -0.15) is 0 Å². The molecule has 1 aliphatic rings. The molecule has 2 amide bonds. The Balaban J connectivity index is 1.54. The van der Waals surface area contributed by atoms with Gasteiger partial charge in [-0.25, -0.2) is 4.98 Å². The van der Waals surface area contributed by atoms with Crippen molar-refractivity contribution in [2.24, 2.45) is 5.92 Å². The molecule has 1 fully saturated rings. The van der Waals surface area contributed by atoms with E-state index >= 15 is 0 Å². The number of nitrogens with zero attached hydrogens (tertiary/aromatic N) is 3. The molecule has 188 valence electrons. The minimum atomic E-state index is -0.683. The molecule has 0 bridgehead atoms. The van der Waals surface area contributed by atoms with E-state index in [4.69, 9.17) is 10.5 Å². The lowest BCUT2D eigenvalue weighted by molar-refractivity contribution is -0.146. The molecule has 2 atom stereocenters. The molecule has 8 heteroatoms. The molecule has 0 saturated carbocycles. The van der Waals surface area contributed by atoms with Gasteiger partial charge < -0.3 is 20.7 Å². The van der Waals surface area contributed by atoms with Gasteiger partial charge in [-0.1, -0.05) is 26.0 Å². The molecule has 0 unspecified atom stereocenters. The van der Waals surface area contributed by atoms with E-state index < -0.39 is 11.8 Å². The van der Waals surface area contributed by atoms with Gasteiger partial charge in [0.25, 0.3) is 0 Å². The number of likely N-dealkylation sites (tertiary alicyclic amines) is 1. The predicted molar refractivity (Wildman–Crippen MR) is 140 cm³/mol. The molecule has 0 spiro atoms. The maximum Gasteiger partial charge on any atom is 0.313 e. The third-order valence-corrected chi connectivity index (χ3v) is 6.45. The normalized spacial score (nSPS) is 17.5. The fourth-order valence-electron chi connectivity index (χ4n) is 4.69. The van der Waals surface area contributed by atoms with Gasteiger partial charge in [-0.15, -0.1) is 0 Å². The molecule has 2 aromatic heterocycles. The number of hydrogen-bond acceptors (Lipinski definition) is 6. The molecule has 3 N–H and O–H groups in total. The van der Waals surface area contributed by atoms with Gasteiger partial charge in [0.15, 0.2) is 0 Å². The molecule has 0 aliphatic carbocycles. The zero-order valence-corrected chi connectivity index (χ0v) is 21.2. The summed E-state index contributed by atoms with van der Waals surface area (Å²) in [5.74, 6) is 0.861. The Bertz CT molecular complexity index is 1260. The van der Waals surface area contributed by atoms with E-state index in [0.29, 0.717) is 41.9 Å². The summed E-state index contributed by atoms with van der Waals surface area (Å²) in [5, 5.41) is 2.70. The van der Waals surface area contributed by atoms with Gasteiger partial charge in [0.05, 0.1) is 17.9 Å².